The van der Waals surface area contributed by atoms with Crippen LogP contribution in [0.5, 0.6) is 5.75 Å². The van der Waals surface area contributed by atoms with Gasteiger partial charge in [-0.1, -0.05) is 32.0 Å². The lowest BCUT2D eigenvalue weighted by molar-refractivity contribution is -0.131. The van der Waals surface area contributed by atoms with Crippen LogP contribution in [0.3, 0.4) is 0 Å². The van der Waals surface area contributed by atoms with Gasteiger partial charge in [-0.2, -0.15) is 0 Å². The number of hydrogen-bond donors (Lipinski definition) is 2. The fourth-order valence-electron chi connectivity index (χ4n) is 1.58. The molecule has 0 radical (unpaired) electrons. The molecule has 3 N–H and O–H groups in total. The first kappa shape index (κ1) is 14.5. The predicted molar refractivity (Wildman–Crippen MR) is 72.0 cm³/mol. The largest absolute Gasteiger partial charge is 0.508 e. The molecule has 0 saturated carbocycles. The fourth-order valence-corrected chi connectivity index (χ4v) is 1.58. The molecule has 1 rings (SSSR count). The summed E-state index contributed by atoms with van der Waals surface area (Å²) in [5.74, 6) is 0.497. The molecule has 1 amide bonds. The van der Waals surface area contributed by atoms with Crippen LogP contribution in [-0.2, 0) is 11.3 Å². The highest BCUT2D eigenvalue weighted by atomic mass is 16.3. The predicted octanol–water partition coefficient (Wildman–Crippen LogP) is 1.72. The average molecular weight is 250 g/mol. The summed E-state index contributed by atoms with van der Waals surface area (Å²) in [6, 6.07) is 6.90. The van der Waals surface area contributed by atoms with Gasteiger partial charge in [0.05, 0.1) is 0 Å². The fraction of sp³-hybridized carbons (Fsp3) is 0.500. The zero-order valence-corrected chi connectivity index (χ0v) is 11.3. The highest BCUT2D eigenvalue weighted by Gasteiger charge is 2.17. The molecule has 1 unspecified atom stereocenters. The molecule has 0 aromatic heterocycles. The Hall–Kier alpha value is -1.55. The molecule has 4 heteroatoms. The van der Waals surface area contributed by atoms with Crippen molar-refractivity contribution < 1.29 is 9.90 Å². The topological polar surface area (TPSA) is 66.6 Å². The molecule has 4 nitrogen and oxygen atoms in total. The lowest BCUT2D eigenvalue weighted by atomic mass is 10.0. The summed E-state index contributed by atoms with van der Waals surface area (Å²) in [5.41, 5.74) is 6.62. The Morgan fingerprint density at radius 2 is 2.00 bits per heavy atom. The molecule has 100 valence electrons. The summed E-state index contributed by atoms with van der Waals surface area (Å²) in [6.07, 6.45) is 0.335. The van der Waals surface area contributed by atoms with E-state index in [4.69, 9.17) is 5.73 Å². The summed E-state index contributed by atoms with van der Waals surface area (Å²) in [5, 5.41) is 9.65. The third kappa shape index (κ3) is 4.04. The van der Waals surface area contributed by atoms with Gasteiger partial charge in [-0.25, -0.2) is 0 Å². The molecule has 0 bridgehead atoms. The van der Waals surface area contributed by atoms with E-state index in [0.29, 0.717) is 13.0 Å². The second-order valence-corrected chi connectivity index (χ2v) is 4.99. The van der Waals surface area contributed by atoms with E-state index >= 15 is 0 Å². The second-order valence-electron chi connectivity index (χ2n) is 4.99. The van der Waals surface area contributed by atoms with E-state index < -0.39 is 0 Å². The van der Waals surface area contributed by atoms with Crippen LogP contribution in [0.4, 0.5) is 0 Å². The Balaban J connectivity index is 2.58. The molecule has 0 spiro atoms. The van der Waals surface area contributed by atoms with Crippen molar-refractivity contribution in [2.24, 2.45) is 11.7 Å². The molecular weight excluding hydrogens is 228 g/mol. The molecular formula is C14H22N2O2. The zero-order chi connectivity index (χ0) is 13.7. The van der Waals surface area contributed by atoms with Gasteiger partial charge in [-0.3, -0.25) is 4.79 Å². The van der Waals surface area contributed by atoms with Gasteiger partial charge in [0.2, 0.25) is 5.91 Å². The van der Waals surface area contributed by atoms with E-state index in [1.54, 1.807) is 24.1 Å². The van der Waals surface area contributed by atoms with Gasteiger partial charge in [-0.05, 0) is 12.0 Å². The van der Waals surface area contributed by atoms with Crippen LogP contribution in [0, 0.1) is 5.92 Å². The highest BCUT2D eigenvalue weighted by Crippen LogP contribution is 2.17. The maximum Gasteiger partial charge on any atom is 0.224 e. The van der Waals surface area contributed by atoms with E-state index in [-0.39, 0.29) is 23.6 Å². The maximum absolute atomic E-state index is 11.9. The molecule has 1 aromatic carbocycles. The number of aromatic hydroxyl groups is 1. The first-order valence-electron chi connectivity index (χ1n) is 6.18. The molecule has 0 aliphatic carbocycles. The SMILES string of the molecule is CC(C)C(N)CC(=O)N(C)Cc1ccccc1O. The molecule has 0 fully saturated rings. The summed E-state index contributed by atoms with van der Waals surface area (Å²) < 4.78 is 0. The van der Waals surface area contributed by atoms with Crippen molar-refractivity contribution in [2.45, 2.75) is 32.9 Å². The number of carbonyl (C=O) groups is 1. The van der Waals surface area contributed by atoms with Crippen LogP contribution in [-0.4, -0.2) is 29.0 Å². The van der Waals surface area contributed by atoms with Crippen LogP contribution < -0.4 is 5.73 Å². The zero-order valence-electron chi connectivity index (χ0n) is 11.3. The molecule has 18 heavy (non-hydrogen) atoms. The van der Waals surface area contributed by atoms with Crippen LogP contribution in [0.2, 0.25) is 0 Å². The standard InChI is InChI=1S/C14H22N2O2/c1-10(2)12(15)8-14(18)16(3)9-11-6-4-5-7-13(11)17/h4-7,10,12,17H,8-9,15H2,1-3H3. The number of phenols is 1. The number of amides is 1. The second kappa shape index (κ2) is 6.40. The van der Waals surface area contributed by atoms with Crippen molar-refractivity contribution in [3.05, 3.63) is 29.8 Å². The quantitative estimate of drug-likeness (QED) is 0.836. The van der Waals surface area contributed by atoms with Gasteiger partial charge in [0, 0.05) is 31.6 Å². The first-order chi connectivity index (χ1) is 8.41. The summed E-state index contributed by atoms with van der Waals surface area (Å²) in [6.45, 7) is 4.40. The number of nitrogens with zero attached hydrogens (tertiary/aromatic N) is 1. The summed E-state index contributed by atoms with van der Waals surface area (Å²) >= 11 is 0. The van der Waals surface area contributed by atoms with Crippen molar-refractivity contribution in [2.75, 3.05) is 7.05 Å². The van der Waals surface area contributed by atoms with Gasteiger partial charge < -0.3 is 15.7 Å². The smallest absolute Gasteiger partial charge is 0.224 e. The van der Waals surface area contributed by atoms with Crippen molar-refractivity contribution in [3.63, 3.8) is 0 Å². The number of carbonyl (C=O) groups excluding carboxylic acids is 1. The van der Waals surface area contributed by atoms with Crippen LogP contribution >= 0.6 is 0 Å². The number of rotatable bonds is 5. The number of hydrogen-bond acceptors (Lipinski definition) is 3. The maximum atomic E-state index is 11.9. The molecule has 0 heterocycles. The Morgan fingerprint density at radius 3 is 2.56 bits per heavy atom. The van der Waals surface area contributed by atoms with Gasteiger partial charge in [0.25, 0.3) is 0 Å². The average Bonchev–Trinajstić information content (AvgIpc) is 2.31. The molecule has 0 aliphatic heterocycles. The lowest BCUT2D eigenvalue weighted by Gasteiger charge is -2.21. The van der Waals surface area contributed by atoms with Crippen LogP contribution in [0.15, 0.2) is 24.3 Å². The van der Waals surface area contributed by atoms with Crippen molar-refractivity contribution in [3.8, 4) is 5.75 Å². The summed E-state index contributed by atoms with van der Waals surface area (Å²) in [4.78, 5) is 13.5. The van der Waals surface area contributed by atoms with Crippen molar-refractivity contribution >= 4 is 5.91 Å². The normalized spacial score (nSPS) is 12.5. The number of phenolic OH excluding ortho intramolecular Hbond substituents is 1. The van der Waals surface area contributed by atoms with Crippen LogP contribution in [0.1, 0.15) is 25.8 Å². The van der Waals surface area contributed by atoms with Gasteiger partial charge in [0.1, 0.15) is 5.75 Å². The van der Waals surface area contributed by atoms with Gasteiger partial charge in [0.15, 0.2) is 0 Å². The molecule has 1 aromatic rings. The van der Waals surface area contributed by atoms with E-state index in [1.807, 2.05) is 26.0 Å². The minimum atomic E-state index is -0.121. The van der Waals surface area contributed by atoms with Crippen molar-refractivity contribution in [1.29, 1.82) is 0 Å². The monoisotopic (exact) mass is 250 g/mol. The van der Waals surface area contributed by atoms with E-state index in [1.165, 1.54) is 0 Å². The Bertz CT molecular complexity index is 405. The Kier molecular flexibility index (Phi) is 5.16. The Labute approximate surface area is 108 Å². The van der Waals surface area contributed by atoms with Crippen molar-refractivity contribution in [1.82, 2.24) is 4.90 Å². The first-order valence-corrected chi connectivity index (χ1v) is 6.18. The summed E-state index contributed by atoms with van der Waals surface area (Å²) in [7, 11) is 1.72. The van der Waals surface area contributed by atoms with E-state index in [2.05, 4.69) is 0 Å². The lowest BCUT2D eigenvalue weighted by Crippen LogP contribution is -2.35. The molecule has 0 saturated heterocycles. The Morgan fingerprint density at radius 1 is 1.39 bits per heavy atom. The van der Waals surface area contributed by atoms with E-state index in [9.17, 15) is 9.90 Å². The molecule has 1 atom stereocenters. The number of benzene rings is 1. The van der Waals surface area contributed by atoms with E-state index in [0.717, 1.165) is 5.56 Å². The number of nitrogens with two attached hydrogens (primary N) is 1. The minimum absolute atomic E-state index is 0.000506. The third-order valence-corrected chi connectivity index (χ3v) is 3.09. The van der Waals surface area contributed by atoms with Crippen LogP contribution in [0.25, 0.3) is 0 Å². The highest BCUT2D eigenvalue weighted by molar-refractivity contribution is 5.76. The molecule has 0 aliphatic rings. The number of para-hydroxylation sites is 1. The van der Waals surface area contributed by atoms with Gasteiger partial charge >= 0.3 is 0 Å². The van der Waals surface area contributed by atoms with Gasteiger partial charge in [-0.15, -0.1) is 0 Å². The third-order valence-electron chi connectivity index (χ3n) is 3.09. The minimum Gasteiger partial charge on any atom is -0.508 e.